The molecule has 1 aromatic heterocycles. The van der Waals surface area contributed by atoms with Crippen LogP contribution in [0, 0.1) is 0 Å². The van der Waals surface area contributed by atoms with Crippen molar-refractivity contribution >= 4 is 5.82 Å². The zero-order valence-electron chi connectivity index (χ0n) is 9.07. The molecule has 1 fully saturated rings. The third-order valence-corrected chi connectivity index (χ3v) is 2.97. The highest BCUT2D eigenvalue weighted by Gasteiger charge is 2.23. The lowest BCUT2D eigenvalue weighted by Gasteiger charge is -2.20. The SMILES string of the molecule is CCc1nc(C2CCOCC2)c(N)n1N. The number of anilines is 1. The van der Waals surface area contributed by atoms with E-state index in [1.165, 1.54) is 4.68 Å². The Morgan fingerprint density at radius 3 is 2.67 bits per heavy atom. The van der Waals surface area contributed by atoms with Gasteiger partial charge in [-0.1, -0.05) is 6.92 Å². The quantitative estimate of drug-likeness (QED) is 0.702. The van der Waals surface area contributed by atoms with E-state index in [0.717, 1.165) is 44.0 Å². The summed E-state index contributed by atoms with van der Waals surface area (Å²) in [6, 6.07) is 0. The molecule has 0 atom stereocenters. The summed E-state index contributed by atoms with van der Waals surface area (Å²) in [5, 5.41) is 0. The van der Waals surface area contributed by atoms with Crippen LogP contribution in [0.3, 0.4) is 0 Å². The van der Waals surface area contributed by atoms with Gasteiger partial charge in [0.05, 0.1) is 5.69 Å². The van der Waals surface area contributed by atoms with Gasteiger partial charge in [-0.3, -0.25) is 0 Å². The van der Waals surface area contributed by atoms with Crippen molar-refractivity contribution < 1.29 is 4.74 Å². The number of hydrogen-bond acceptors (Lipinski definition) is 4. The minimum Gasteiger partial charge on any atom is -0.382 e. The maximum absolute atomic E-state index is 5.94. The van der Waals surface area contributed by atoms with Gasteiger partial charge in [-0.15, -0.1) is 0 Å². The number of nitrogens with two attached hydrogens (primary N) is 2. The molecule has 0 bridgehead atoms. The molecule has 1 aromatic rings. The number of imidazole rings is 1. The van der Waals surface area contributed by atoms with Gasteiger partial charge in [0.15, 0.2) is 0 Å². The Hall–Kier alpha value is -1.23. The second-order valence-corrected chi connectivity index (χ2v) is 3.91. The minimum atomic E-state index is 0.411. The first kappa shape index (κ1) is 10.3. The Balaban J connectivity index is 2.26. The van der Waals surface area contributed by atoms with Gasteiger partial charge in [0, 0.05) is 25.6 Å². The monoisotopic (exact) mass is 210 g/mol. The van der Waals surface area contributed by atoms with Gasteiger partial charge in [-0.25, -0.2) is 9.66 Å². The first-order valence-corrected chi connectivity index (χ1v) is 5.43. The number of rotatable bonds is 2. The third-order valence-electron chi connectivity index (χ3n) is 2.97. The molecule has 2 heterocycles. The van der Waals surface area contributed by atoms with E-state index in [2.05, 4.69) is 4.98 Å². The molecule has 15 heavy (non-hydrogen) atoms. The summed E-state index contributed by atoms with van der Waals surface area (Å²) in [6.45, 7) is 3.62. The van der Waals surface area contributed by atoms with E-state index >= 15 is 0 Å². The third kappa shape index (κ3) is 1.79. The molecule has 4 N–H and O–H groups in total. The molecule has 0 amide bonds. The molecule has 5 heteroatoms. The van der Waals surface area contributed by atoms with Gasteiger partial charge < -0.3 is 16.3 Å². The summed E-state index contributed by atoms with van der Waals surface area (Å²) in [6.07, 6.45) is 2.79. The second kappa shape index (κ2) is 4.10. The van der Waals surface area contributed by atoms with Crippen LogP contribution in [0.2, 0.25) is 0 Å². The van der Waals surface area contributed by atoms with Crippen LogP contribution in [0.15, 0.2) is 0 Å². The lowest BCUT2D eigenvalue weighted by Crippen LogP contribution is -2.17. The lowest BCUT2D eigenvalue weighted by atomic mass is 9.96. The van der Waals surface area contributed by atoms with Crippen LogP contribution in [0.1, 0.15) is 37.2 Å². The van der Waals surface area contributed by atoms with Gasteiger partial charge in [0.1, 0.15) is 11.6 Å². The lowest BCUT2D eigenvalue weighted by molar-refractivity contribution is 0.0847. The molecule has 0 unspecified atom stereocenters. The van der Waals surface area contributed by atoms with E-state index in [9.17, 15) is 0 Å². The van der Waals surface area contributed by atoms with Crippen LogP contribution >= 0.6 is 0 Å². The molecule has 0 aromatic carbocycles. The fraction of sp³-hybridized carbons (Fsp3) is 0.700. The van der Waals surface area contributed by atoms with Crippen LogP contribution in [-0.4, -0.2) is 22.9 Å². The van der Waals surface area contributed by atoms with E-state index in [1.807, 2.05) is 6.92 Å². The Labute approximate surface area is 89.4 Å². The van der Waals surface area contributed by atoms with Gasteiger partial charge in [0.25, 0.3) is 0 Å². The van der Waals surface area contributed by atoms with Gasteiger partial charge in [0.2, 0.25) is 0 Å². The normalized spacial score (nSPS) is 18.2. The summed E-state index contributed by atoms with van der Waals surface area (Å²) in [5.74, 6) is 7.69. The maximum atomic E-state index is 5.94. The van der Waals surface area contributed by atoms with Gasteiger partial charge >= 0.3 is 0 Å². The van der Waals surface area contributed by atoms with E-state index in [4.69, 9.17) is 16.3 Å². The molecule has 1 aliphatic rings. The van der Waals surface area contributed by atoms with Gasteiger partial charge in [-0.2, -0.15) is 0 Å². The number of aromatic nitrogens is 2. The van der Waals surface area contributed by atoms with E-state index in [0.29, 0.717) is 11.7 Å². The summed E-state index contributed by atoms with van der Waals surface area (Å²) in [5.41, 5.74) is 6.90. The van der Waals surface area contributed by atoms with Crippen molar-refractivity contribution in [3.05, 3.63) is 11.5 Å². The van der Waals surface area contributed by atoms with Crippen molar-refractivity contribution in [2.24, 2.45) is 0 Å². The summed E-state index contributed by atoms with van der Waals surface area (Å²) < 4.78 is 6.82. The number of hydrogen-bond donors (Lipinski definition) is 2. The number of nitrogen functional groups attached to an aromatic ring is 2. The van der Waals surface area contributed by atoms with Crippen LogP contribution in [0.5, 0.6) is 0 Å². The molecule has 1 aliphatic heterocycles. The largest absolute Gasteiger partial charge is 0.382 e. The van der Waals surface area contributed by atoms with Crippen molar-refractivity contribution in [2.75, 3.05) is 24.8 Å². The van der Waals surface area contributed by atoms with Gasteiger partial charge in [-0.05, 0) is 12.8 Å². The number of aryl methyl sites for hydroxylation is 1. The highest BCUT2D eigenvalue weighted by molar-refractivity contribution is 5.41. The summed E-state index contributed by atoms with van der Waals surface area (Å²) in [7, 11) is 0. The first-order chi connectivity index (χ1) is 7.24. The summed E-state index contributed by atoms with van der Waals surface area (Å²) >= 11 is 0. The zero-order chi connectivity index (χ0) is 10.8. The van der Waals surface area contributed by atoms with E-state index in [-0.39, 0.29) is 0 Å². The molecule has 1 saturated heterocycles. The first-order valence-electron chi connectivity index (χ1n) is 5.43. The Bertz CT molecular complexity index is 341. The second-order valence-electron chi connectivity index (χ2n) is 3.91. The molecule has 0 saturated carbocycles. The van der Waals surface area contributed by atoms with Crippen LogP contribution in [0.25, 0.3) is 0 Å². The highest BCUT2D eigenvalue weighted by Crippen LogP contribution is 2.30. The average Bonchev–Trinajstić information content (AvgIpc) is 2.57. The topological polar surface area (TPSA) is 79.1 Å². The molecular formula is C10H18N4O. The van der Waals surface area contributed by atoms with Crippen LogP contribution in [0.4, 0.5) is 5.82 Å². The number of nitrogens with zero attached hydrogens (tertiary/aromatic N) is 2. The van der Waals surface area contributed by atoms with Crippen molar-refractivity contribution in [3.63, 3.8) is 0 Å². The summed E-state index contributed by atoms with van der Waals surface area (Å²) in [4.78, 5) is 4.51. The maximum Gasteiger partial charge on any atom is 0.146 e. The van der Waals surface area contributed by atoms with Crippen molar-refractivity contribution in [1.82, 2.24) is 9.66 Å². The smallest absolute Gasteiger partial charge is 0.146 e. The van der Waals surface area contributed by atoms with E-state index < -0.39 is 0 Å². The fourth-order valence-corrected chi connectivity index (χ4v) is 2.03. The van der Waals surface area contributed by atoms with E-state index in [1.54, 1.807) is 0 Å². The fourth-order valence-electron chi connectivity index (χ4n) is 2.03. The Morgan fingerprint density at radius 2 is 2.13 bits per heavy atom. The van der Waals surface area contributed by atoms with Crippen molar-refractivity contribution in [2.45, 2.75) is 32.1 Å². The molecular weight excluding hydrogens is 192 g/mol. The molecule has 0 aliphatic carbocycles. The minimum absolute atomic E-state index is 0.411. The molecule has 0 spiro atoms. The zero-order valence-corrected chi connectivity index (χ0v) is 9.07. The van der Waals surface area contributed by atoms with Crippen molar-refractivity contribution in [3.8, 4) is 0 Å². The molecule has 2 rings (SSSR count). The predicted molar refractivity (Wildman–Crippen MR) is 59.0 cm³/mol. The number of ether oxygens (including phenoxy) is 1. The molecule has 5 nitrogen and oxygen atoms in total. The predicted octanol–water partition coefficient (Wildman–Crippen LogP) is 0.636. The standard InChI is InChI=1S/C10H18N4O/c1-2-8-13-9(10(11)14(8)12)7-3-5-15-6-4-7/h7H,2-6,11-12H2,1H3. The molecule has 84 valence electrons. The highest BCUT2D eigenvalue weighted by atomic mass is 16.5. The van der Waals surface area contributed by atoms with Crippen molar-refractivity contribution in [1.29, 1.82) is 0 Å². The average molecular weight is 210 g/mol. The van der Waals surface area contributed by atoms with Crippen LogP contribution < -0.4 is 11.6 Å². The molecule has 0 radical (unpaired) electrons. The van der Waals surface area contributed by atoms with Crippen LogP contribution in [-0.2, 0) is 11.2 Å². The Kier molecular flexibility index (Phi) is 2.81. The Morgan fingerprint density at radius 1 is 1.47 bits per heavy atom.